The van der Waals surface area contributed by atoms with Gasteiger partial charge in [-0.15, -0.1) is 11.3 Å². The van der Waals surface area contributed by atoms with Crippen LogP contribution >= 0.6 is 27.3 Å². The topological polar surface area (TPSA) is 29.9 Å². The normalized spacial score (nSPS) is 12.9. The number of rotatable bonds is 5. The van der Waals surface area contributed by atoms with Crippen LogP contribution in [0, 0.1) is 0 Å². The van der Waals surface area contributed by atoms with E-state index in [9.17, 15) is 0 Å². The van der Waals surface area contributed by atoms with Crippen molar-refractivity contribution in [1.29, 1.82) is 0 Å². The van der Waals surface area contributed by atoms with Crippen LogP contribution in [0.5, 0.6) is 0 Å². The van der Waals surface area contributed by atoms with Gasteiger partial charge in [0.2, 0.25) is 0 Å². The van der Waals surface area contributed by atoms with Crippen LogP contribution in [0.15, 0.2) is 22.1 Å². The molecule has 1 N–H and O–H groups in total. The van der Waals surface area contributed by atoms with Crippen molar-refractivity contribution in [3.05, 3.63) is 38.3 Å². The minimum Gasteiger partial charge on any atom is -0.306 e. The molecule has 3 nitrogen and oxygen atoms in total. The number of hydrogen-bond donors (Lipinski definition) is 1. The molecule has 0 radical (unpaired) electrons. The first kappa shape index (κ1) is 13.8. The Kier molecular flexibility index (Phi) is 4.59. The maximum atomic E-state index is 4.54. The highest BCUT2D eigenvalue weighted by Crippen LogP contribution is 2.34. The van der Waals surface area contributed by atoms with Gasteiger partial charge in [-0.3, -0.25) is 4.68 Å². The van der Waals surface area contributed by atoms with Gasteiger partial charge in [0.15, 0.2) is 0 Å². The SMILES string of the molecule is CCNC(c1cn(C)nc1CC)c1sccc1Br. The molecule has 2 aromatic rings. The fraction of sp³-hybridized carbons (Fsp3) is 0.462. The highest BCUT2D eigenvalue weighted by molar-refractivity contribution is 9.10. The third kappa shape index (κ3) is 2.68. The van der Waals surface area contributed by atoms with E-state index in [1.807, 2.05) is 11.7 Å². The second-order valence-electron chi connectivity index (χ2n) is 4.18. The zero-order valence-corrected chi connectivity index (χ0v) is 13.3. The van der Waals surface area contributed by atoms with E-state index >= 15 is 0 Å². The number of aromatic nitrogens is 2. The Hall–Kier alpha value is -0.650. The smallest absolute Gasteiger partial charge is 0.0716 e. The summed E-state index contributed by atoms with van der Waals surface area (Å²) < 4.78 is 3.07. The number of thiophene rings is 1. The molecule has 0 saturated carbocycles. The summed E-state index contributed by atoms with van der Waals surface area (Å²) in [6.45, 7) is 5.22. The van der Waals surface area contributed by atoms with Crippen LogP contribution in [-0.2, 0) is 13.5 Å². The van der Waals surface area contributed by atoms with Crippen LogP contribution in [0.4, 0.5) is 0 Å². The van der Waals surface area contributed by atoms with Gasteiger partial charge < -0.3 is 5.32 Å². The van der Waals surface area contributed by atoms with Crippen LogP contribution in [0.2, 0.25) is 0 Å². The average Bonchev–Trinajstić information content (AvgIpc) is 2.92. The van der Waals surface area contributed by atoms with Crippen molar-refractivity contribution in [2.45, 2.75) is 26.3 Å². The molecule has 2 heterocycles. The number of aryl methyl sites for hydroxylation is 2. The molecular weight excluding hydrogens is 310 g/mol. The van der Waals surface area contributed by atoms with E-state index < -0.39 is 0 Å². The Bertz CT molecular complexity index is 518. The lowest BCUT2D eigenvalue weighted by Gasteiger charge is -2.17. The molecular formula is C13H18BrN3S. The molecule has 5 heteroatoms. The quantitative estimate of drug-likeness (QED) is 0.910. The molecule has 0 spiro atoms. The lowest BCUT2D eigenvalue weighted by atomic mass is 10.0. The maximum Gasteiger partial charge on any atom is 0.0716 e. The van der Waals surface area contributed by atoms with E-state index in [-0.39, 0.29) is 6.04 Å². The van der Waals surface area contributed by atoms with Crippen molar-refractivity contribution in [3.63, 3.8) is 0 Å². The minimum absolute atomic E-state index is 0.230. The van der Waals surface area contributed by atoms with Crippen molar-refractivity contribution >= 4 is 27.3 Å². The fourth-order valence-electron chi connectivity index (χ4n) is 2.13. The maximum absolute atomic E-state index is 4.54. The zero-order chi connectivity index (χ0) is 13.1. The van der Waals surface area contributed by atoms with E-state index in [4.69, 9.17) is 0 Å². The monoisotopic (exact) mass is 327 g/mol. The van der Waals surface area contributed by atoms with Crippen molar-refractivity contribution < 1.29 is 0 Å². The molecule has 0 aliphatic heterocycles. The number of hydrogen-bond acceptors (Lipinski definition) is 3. The largest absolute Gasteiger partial charge is 0.306 e. The van der Waals surface area contributed by atoms with E-state index in [2.05, 4.69) is 57.8 Å². The summed E-state index contributed by atoms with van der Waals surface area (Å²) in [5, 5.41) is 10.2. The van der Waals surface area contributed by atoms with Gasteiger partial charge in [-0.25, -0.2) is 0 Å². The first-order valence-corrected chi connectivity index (χ1v) is 7.83. The van der Waals surface area contributed by atoms with Gasteiger partial charge in [0.1, 0.15) is 0 Å². The van der Waals surface area contributed by atoms with Gasteiger partial charge in [-0.05, 0) is 40.3 Å². The number of halogens is 1. The molecule has 98 valence electrons. The Balaban J connectivity index is 2.44. The van der Waals surface area contributed by atoms with Crippen LogP contribution in [0.25, 0.3) is 0 Å². The van der Waals surface area contributed by atoms with Gasteiger partial charge in [0.25, 0.3) is 0 Å². The number of nitrogens with one attached hydrogen (secondary N) is 1. The Morgan fingerprint density at radius 3 is 2.83 bits per heavy atom. The second-order valence-corrected chi connectivity index (χ2v) is 5.98. The van der Waals surface area contributed by atoms with Gasteiger partial charge in [0, 0.05) is 28.2 Å². The summed E-state index contributed by atoms with van der Waals surface area (Å²) in [5.41, 5.74) is 2.45. The summed E-state index contributed by atoms with van der Waals surface area (Å²) in [5.74, 6) is 0. The Labute approximate surface area is 120 Å². The summed E-state index contributed by atoms with van der Waals surface area (Å²) in [4.78, 5) is 1.32. The number of nitrogens with zero attached hydrogens (tertiary/aromatic N) is 2. The first-order chi connectivity index (χ1) is 8.67. The molecule has 2 rings (SSSR count). The molecule has 0 aliphatic rings. The molecule has 0 fully saturated rings. The second kappa shape index (κ2) is 5.99. The summed E-state index contributed by atoms with van der Waals surface area (Å²) in [6.07, 6.45) is 3.08. The zero-order valence-electron chi connectivity index (χ0n) is 10.9. The van der Waals surface area contributed by atoms with Gasteiger partial charge in [-0.1, -0.05) is 13.8 Å². The predicted octanol–water partition coefficient (Wildman–Crippen LogP) is 3.51. The van der Waals surface area contributed by atoms with E-state index in [0.29, 0.717) is 0 Å². The van der Waals surface area contributed by atoms with Crippen LogP contribution in [0.1, 0.15) is 36.0 Å². The van der Waals surface area contributed by atoms with Crippen molar-refractivity contribution in [2.75, 3.05) is 6.54 Å². The molecule has 1 unspecified atom stereocenters. The van der Waals surface area contributed by atoms with E-state index in [1.165, 1.54) is 20.6 Å². The molecule has 0 aliphatic carbocycles. The van der Waals surface area contributed by atoms with Gasteiger partial charge in [0.05, 0.1) is 11.7 Å². The summed E-state index contributed by atoms with van der Waals surface area (Å²) in [6, 6.07) is 2.33. The highest BCUT2D eigenvalue weighted by Gasteiger charge is 2.21. The molecule has 0 bridgehead atoms. The standard InChI is InChI=1S/C13H18BrN3S/c1-4-11-9(8-17(3)16-11)12(15-5-2)13-10(14)6-7-18-13/h6-8,12,15H,4-5H2,1-3H3. The van der Waals surface area contributed by atoms with Crippen LogP contribution in [-0.4, -0.2) is 16.3 Å². The van der Waals surface area contributed by atoms with Crippen molar-refractivity contribution in [2.24, 2.45) is 7.05 Å². The highest BCUT2D eigenvalue weighted by atomic mass is 79.9. The molecule has 18 heavy (non-hydrogen) atoms. The molecule has 0 amide bonds. The Morgan fingerprint density at radius 2 is 2.28 bits per heavy atom. The lowest BCUT2D eigenvalue weighted by Crippen LogP contribution is -2.22. The van der Waals surface area contributed by atoms with Gasteiger partial charge in [-0.2, -0.15) is 5.10 Å². The molecule has 1 atom stereocenters. The third-order valence-electron chi connectivity index (χ3n) is 2.90. The molecule has 0 aromatic carbocycles. The molecule has 0 saturated heterocycles. The summed E-state index contributed by atoms with van der Waals surface area (Å²) in [7, 11) is 1.98. The lowest BCUT2D eigenvalue weighted by molar-refractivity contribution is 0.632. The predicted molar refractivity (Wildman–Crippen MR) is 80.1 cm³/mol. The van der Waals surface area contributed by atoms with Crippen LogP contribution < -0.4 is 5.32 Å². The minimum atomic E-state index is 0.230. The van der Waals surface area contributed by atoms with Crippen molar-refractivity contribution in [1.82, 2.24) is 15.1 Å². The fourth-order valence-corrected chi connectivity index (χ4v) is 3.82. The van der Waals surface area contributed by atoms with Gasteiger partial charge >= 0.3 is 0 Å². The average molecular weight is 328 g/mol. The third-order valence-corrected chi connectivity index (χ3v) is 4.83. The van der Waals surface area contributed by atoms with E-state index in [0.717, 1.165) is 13.0 Å². The first-order valence-electron chi connectivity index (χ1n) is 6.16. The summed E-state index contributed by atoms with van der Waals surface area (Å²) >= 11 is 5.41. The van der Waals surface area contributed by atoms with E-state index in [1.54, 1.807) is 11.3 Å². The van der Waals surface area contributed by atoms with Crippen LogP contribution in [0.3, 0.4) is 0 Å². The van der Waals surface area contributed by atoms with Crippen molar-refractivity contribution in [3.8, 4) is 0 Å². The molecule has 2 aromatic heterocycles. The Morgan fingerprint density at radius 1 is 1.50 bits per heavy atom.